The number of amidine groups is 1. The summed E-state index contributed by atoms with van der Waals surface area (Å²) < 4.78 is 0. The molecule has 0 radical (unpaired) electrons. The summed E-state index contributed by atoms with van der Waals surface area (Å²) in [4.78, 5) is 17.8. The quantitative estimate of drug-likeness (QED) is 0.538. The van der Waals surface area contributed by atoms with Crippen molar-refractivity contribution >= 4 is 17.3 Å². The van der Waals surface area contributed by atoms with Crippen molar-refractivity contribution in [1.29, 1.82) is 5.41 Å². The Balaban J connectivity index is 1.71. The number of nitrogens with one attached hydrogen (secondary N) is 3. The van der Waals surface area contributed by atoms with Gasteiger partial charge in [-0.25, -0.2) is 4.99 Å². The highest BCUT2D eigenvalue weighted by Gasteiger charge is 2.30. The molecule has 7 nitrogen and oxygen atoms in total. The summed E-state index contributed by atoms with van der Waals surface area (Å²) >= 11 is 0. The zero-order valence-corrected chi connectivity index (χ0v) is 14.6. The second-order valence-electron chi connectivity index (χ2n) is 6.64. The first-order valence-electron chi connectivity index (χ1n) is 8.73. The first-order chi connectivity index (χ1) is 12.1. The van der Waals surface area contributed by atoms with Crippen molar-refractivity contribution in [1.82, 2.24) is 15.5 Å². The maximum absolute atomic E-state index is 11.5. The van der Waals surface area contributed by atoms with Crippen molar-refractivity contribution < 1.29 is 4.79 Å². The summed E-state index contributed by atoms with van der Waals surface area (Å²) in [6.45, 7) is 5.16. The summed E-state index contributed by atoms with van der Waals surface area (Å²) in [7, 11) is 0. The van der Waals surface area contributed by atoms with Crippen molar-refractivity contribution in [3.8, 4) is 0 Å². The van der Waals surface area contributed by atoms with Crippen LogP contribution < -0.4 is 16.4 Å². The Morgan fingerprint density at radius 1 is 1.36 bits per heavy atom. The van der Waals surface area contributed by atoms with Gasteiger partial charge in [-0.15, -0.1) is 0 Å². The van der Waals surface area contributed by atoms with Gasteiger partial charge in [0.1, 0.15) is 11.9 Å². The number of rotatable bonds is 5. The number of hydrogen-bond donors (Lipinski definition) is 4. The molecule has 3 aliphatic rings. The highest BCUT2D eigenvalue weighted by molar-refractivity contribution is 6.16. The number of nitrogens with zero attached hydrogens (tertiary/aromatic N) is 2. The molecule has 0 spiro atoms. The van der Waals surface area contributed by atoms with Crippen LogP contribution in [0.4, 0.5) is 0 Å². The number of hydrogen-bond acceptors (Lipinski definition) is 7. The highest BCUT2D eigenvalue weighted by atomic mass is 16.1. The van der Waals surface area contributed by atoms with Gasteiger partial charge in [-0.1, -0.05) is 12.2 Å². The Labute approximate surface area is 148 Å². The van der Waals surface area contributed by atoms with E-state index in [1.54, 1.807) is 13.1 Å². The van der Waals surface area contributed by atoms with Crippen molar-refractivity contribution in [3.63, 3.8) is 0 Å². The Bertz CT molecular complexity index is 669. The van der Waals surface area contributed by atoms with E-state index in [2.05, 4.69) is 20.5 Å². The number of piperazine rings is 1. The number of allylic oxidation sites excluding steroid dienone is 3. The minimum absolute atomic E-state index is 0.0982. The molecule has 0 amide bonds. The average molecular weight is 342 g/mol. The van der Waals surface area contributed by atoms with Gasteiger partial charge in [-0.2, -0.15) is 0 Å². The van der Waals surface area contributed by atoms with Crippen molar-refractivity contribution in [3.05, 3.63) is 35.7 Å². The van der Waals surface area contributed by atoms with Crippen LogP contribution in [0.25, 0.3) is 0 Å². The Kier molecular flexibility index (Phi) is 5.45. The molecule has 0 bridgehead atoms. The molecule has 0 saturated carbocycles. The van der Waals surface area contributed by atoms with Gasteiger partial charge in [0.15, 0.2) is 5.78 Å². The van der Waals surface area contributed by atoms with E-state index in [-0.39, 0.29) is 11.8 Å². The smallest absolute Gasteiger partial charge is 0.155 e. The van der Waals surface area contributed by atoms with E-state index in [9.17, 15) is 4.79 Å². The second-order valence-corrected chi connectivity index (χ2v) is 6.64. The van der Waals surface area contributed by atoms with Gasteiger partial charge >= 0.3 is 0 Å². The number of carbonyl (C=O) groups is 1. The standard InChI is InChI=1S/C18H26N6O/c1-12(25)13-2-4-14(5-3-13)16(19)17-18(20)23-8-9-24(17)11-15-10-21-6-7-22-15/h2,5,8-9,15,17,19,21-22H,3-4,6-7,10-11H2,1H3,(H2,20,23). The predicted octanol–water partition coefficient (Wildman–Crippen LogP) is 0.316. The van der Waals surface area contributed by atoms with Gasteiger partial charge in [-0.3, -0.25) is 4.79 Å². The molecule has 2 unspecified atom stereocenters. The predicted molar refractivity (Wildman–Crippen MR) is 99.7 cm³/mol. The minimum atomic E-state index is -0.354. The van der Waals surface area contributed by atoms with E-state index in [0.29, 0.717) is 30.4 Å². The van der Waals surface area contributed by atoms with Crippen LogP contribution in [0.2, 0.25) is 0 Å². The first-order valence-corrected chi connectivity index (χ1v) is 8.73. The molecule has 2 aliphatic heterocycles. The van der Waals surface area contributed by atoms with Crippen LogP contribution in [0.3, 0.4) is 0 Å². The normalized spacial score (nSPS) is 26.6. The van der Waals surface area contributed by atoms with Crippen LogP contribution in [0, 0.1) is 5.41 Å². The molecule has 25 heavy (non-hydrogen) atoms. The van der Waals surface area contributed by atoms with E-state index in [1.807, 2.05) is 18.4 Å². The molecule has 0 aromatic carbocycles. The van der Waals surface area contributed by atoms with Gasteiger partial charge in [0.2, 0.25) is 0 Å². The SMILES string of the molecule is CC(=O)C1=CCC(C(=N)C2C(N)=NC=CN2CC2CNCCN2)=CC1. The maximum atomic E-state index is 11.5. The van der Waals surface area contributed by atoms with Crippen molar-refractivity contribution in [2.75, 3.05) is 26.2 Å². The van der Waals surface area contributed by atoms with Crippen LogP contribution in [0.1, 0.15) is 19.8 Å². The number of Topliss-reactive ketones (excluding diaryl/α,β-unsaturated/α-hetero) is 1. The maximum Gasteiger partial charge on any atom is 0.155 e. The lowest BCUT2D eigenvalue weighted by Crippen LogP contribution is -2.57. The van der Waals surface area contributed by atoms with Crippen molar-refractivity contribution in [2.45, 2.75) is 31.8 Å². The van der Waals surface area contributed by atoms with Crippen LogP contribution in [-0.2, 0) is 4.79 Å². The Morgan fingerprint density at radius 3 is 2.76 bits per heavy atom. The van der Waals surface area contributed by atoms with Gasteiger partial charge in [0.25, 0.3) is 0 Å². The second kappa shape index (κ2) is 7.76. The zero-order chi connectivity index (χ0) is 17.8. The monoisotopic (exact) mass is 342 g/mol. The number of aliphatic imine (C=N–C) groups is 1. The largest absolute Gasteiger partial charge is 0.385 e. The topological polar surface area (TPSA) is 107 Å². The number of nitrogens with two attached hydrogens (primary N) is 1. The first kappa shape index (κ1) is 17.6. The Morgan fingerprint density at radius 2 is 2.12 bits per heavy atom. The molecule has 5 N–H and O–H groups in total. The fourth-order valence-corrected chi connectivity index (χ4v) is 3.42. The lowest BCUT2D eigenvalue weighted by atomic mass is 9.90. The summed E-state index contributed by atoms with van der Waals surface area (Å²) in [5.41, 5.74) is 8.34. The van der Waals surface area contributed by atoms with E-state index in [4.69, 9.17) is 11.1 Å². The zero-order valence-electron chi connectivity index (χ0n) is 14.6. The van der Waals surface area contributed by atoms with Crippen LogP contribution in [0.5, 0.6) is 0 Å². The van der Waals surface area contributed by atoms with Gasteiger partial charge < -0.3 is 26.7 Å². The molecule has 1 fully saturated rings. The lowest BCUT2D eigenvalue weighted by Gasteiger charge is -2.37. The summed E-state index contributed by atoms with van der Waals surface area (Å²) in [5.74, 6) is 0.541. The van der Waals surface area contributed by atoms with Gasteiger partial charge in [0, 0.05) is 44.6 Å². The van der Waals surface area contributed by atoms with Crippen LogP contribution in [-0.4, -0.2) is 60.5 Å². The van der Waals surface area contributed by atoms with Crippen molar-refractivity contribution in [2.24, 2.45) is 10.7 Å². The third-order valence-corrected chi connectivity index (χ3v) is 4.86. The van der Waals surface area contributed by atoms with E-state index in [0.717, 1.165) is 37.3 Å². The molecule has 0 aromatic heterocycles. The number of carbonyl (C=O) groups excluding carboxylic acids is 1. The molecular weight excluding hydrogens is 316 g/mol. The Hall–Kier alpha value is -2.25. The molecule has 2 heterocycles. The molecule has 3 rings (SSSR count). The third-order valence-electron chi connectivity index (χ3n) is 4.86. The molecule has 2 atom stereocenters. The fraction of sp³-hybridized carbons (Fsp3) is 0.500. The molecule has 7 heteroatoms. The summed E-state index contributed by atoms with van der Waals surface area (Å²) in [5, 5.41) is 15.5. The van der Waals surface area contributed by atoms with Gasteiger partial charge in [0.05, 0.1) is 5.71 Å². The fourth-order valence-electron chi connectivity index (χ4n) is 3.42. The average Bonchev–Trinajstić information content (AvgIpc) is 2.62. The van der Waals surface area contributed by atoms with E-state index < -0.39 is 0 Å². The molecule has 0 aromatic rings. The molecule has 134 valence electrons. The molecule has 1 aliphatic carbocycles. The van der Waals surface area contributed by atoms with Crippen LogP contribution >= 0.6 is 0 Å². The lowest BCUT2D eigenvalue weighted by molar-refractivity contribution is -0.113. The summed E-state index contributed by atoms with van der Waals surface area (Å²) in [6.07, 6.45) is 8.68. The number of ketones is 1. The third kappa shape index (κ3) is 4.05. The molecule has 1 saturated heterocycles. The van der Waals surface area contributed by atoms with E-state index in [1.165, 1.54) is 0 Å². The molecular formula is C18H26N6O. The van der Waals surface area contributed by atoms with Gasteiger partial charge in [-0.05, 0) is 30.9 Å². The highest BCUT2D eigenvalue weighted by Crippen LogP contribution is 2.22. The minimum Gasteiger partial charge on any atom is -0.385 e. The van der Waals surface area contributed by atoms with Crippen LogP contribution in [0.15, 0.2) is 40.7 Å². The van der Waals surface area contributed by atoms with E-state index >= 15 is 0 Å². The summed E-state index contributed by atoms with van der Waals surface area (Å²) in [6, 6.07) is -0.0450.